The number of methoxy groups -OCH3 is 2. The topological polar surface area (TPSA) is 79.4 Å². The number of nitrogens with zero attached hydrogens (tertiary/aromatic N) is 2. The molecule has 0 amide bonds. The van der Waals surface area contributed by atoms with Crippen LogP contribution in [0.15, 0.2) is 35.1 Å². The van der Waals surface area contributed by atoms with Crippen molar-refractivity contribution in [1.29, 1.82) is 0 Å². The van der Waals surface area contributed by atoms with Gasteiger partial charge in [-0.2, -0.15) is 5.10 Å². The first-order chi connectivity index (χ1) is 10.6. The first-order valence-electron chi connectivity index (χ1n) is 7.16. The smallest absolute Gasteiger partial charge is 0.266 e. The predicted molar refractivity (Wildman–Crippen MR) is 84.4 cm³/mol. The zero-order valence-electron chi connectivity index (χ0n) is 13.1. The fourth-order valence-corrected chi connectivity index (χ4v) is 2.24. The third-order valence-electron chi connectivity index (χ3n) is 3.41. The van der Waals surface area contributed by atoms with Gasteiger partial charge in [-0.15, -0.1) is 0 Å². The lowest BCUT2D eigenvalue weighted by molar-refractivity contribution is 0.396. The number of aryl methyl sites for hydroxylation is 1. The molecule has 0 saturated heterocycles. The van der Waals surface area contributed by atoms with Crippen molar-refractivity contribution in [2.75, 3.05) is 14.2 Å². The number of rotatable bonds is 6. The highest BCUT2D eigenvalue weighted by atomic mass is 16.5. The molecule has 6 heteroatoms. The van der Waals surface area contributed by atoms with Gasteiger partial charge in [0, 0.05) is 18.2 Å². The largest absolute Gasteiger partial charge is 0.497 e. The molecule has 1 atom stereocenters. The quantitative estimate of drug-likeness (QED) is 0.879. The van der Waals surface area contributed by atoms with E-state index in [0.29, 0.717) is 23.7 Å². The molecular formula is C16H21N3O3. The molecule has 118 valence electrons. The van der Waals surface area contributed by atoms with E-state index in [2.05, 4.69) is 5.10 Å². The summed E-state index contributed by atoms with van der Waals surface area (Å²) in [4.78, 5) is 11.8. The van der Waals surface area contributed by atoms with E-state index in [9.17, 15) is 4.79 Å². The highest BCUT2D eigenvalue weighted by molar-refractivity contribution is 5.44. The van der Waals surface area contributed by atoms with Gasteiger partial charge in [0.2, 0.25) is 0 Å². The van der Waals surface area contributed by atoms with E-state index in [-0.39, 0.29) is 5.56 Å². The first-order valence-corrected chi connectivity index (χ1v) is 7.16. The van der Waals surface area contributed by atoms with Gasteiger partial charge in [0.1, 0.15) is 11.5 Å². The third-order valence-corrected chi connectivity index (χ3v) is 3.41. The monoisotopic (exact) mass is 303 g/mol. The number of ether oxygens (including phenoxy) is 2. The number of benzene rings is 1. The van der Waals surface area contributed by atoms with Crippen LogP contribution in [0.5, 0.6) is 11.5 Å². The van der Waals surface area contributed by atoms with Crippen LogP contribution in [0.1, 0.15) is 30.6 Å². The Labute approximate surface area is 129 Å². The lowest BCUT2D eigenvalue weighted by atomic mass is 10.0. The summed E-state index contributed by atoms with van der Waals surface area (Å²) in [5, 5.41) is 4.35. The van der Waals surface area contributed by atoms with Crippen molar-refractivity contribution in [1.82, 2.24) is 9.78 Å². The van der Waals surface area contributed by atoms with Gasteiger partial charge in [-0.1, -0.05) is 6.92 Å². The molecule has 0 saturated carbocycles. The van der Waals surface area contributed by atoms with Gasteiger partial charge < -0.3 is 15.2 Å². The molecule has 0 radical (unpaired) electrons. The van der Waals surface area contributed by atoms with E-state index in [4.69, 9.17) is 15.2 Å². The molecule has 0 aliphatic heterocycles. The van der Waals surface area contributed by atoms with Crippen molar-refractivity contribution in [3.63, 3.8) is 0 Å². The number of hydrogen-bond donors (Lipinski definition) is 1. The van der Waals surface area contributed by atoms with Gasteiger partial charge in [-0.3, -0.25) is 4.79 Å². The standard InChI is InChI=1S/C16H21N3O3/c1-4-9-19-15(20)8-6-13(18-19)16(17)12-10-11(21-2)5-7-14(12)22-3/h5-8,10,16H,4,9,17H2,1-3H3. The molecule has 0 bridgehead atoms. The molecule has 1 aromatic heterocycles. The molecule has 6 nitrogen and oxygen atoms in total. The zero-order valence-corrected chi connectivity index (χ0v) is 13.1. The summed E-state index contributed by atoms with van der Waals surface area (Å²) >= 11 is 0. The summed E-state index contributed by atoms with van der Waals surface area (Å²) in [6.45, 7) is 2.56. The molecule has 2 aromatic rings. The average molecular weight is 303 g/mol. The molecular weight excluding hydrogens is 282 g/mol. The minimum Gasteiger partial charge on any atom is -0.497 e. The minimum absolute atomic E-state index is 0.129. The summed E-state index contributed by atoms with van der Waals surface area (Å²) in [7, 11) is 3.18. The molecule has 1 heterocycles. The Morgan fingerprint density at radius 3 is 2.64 bits per heavy atom. The van der Waals surface area contributed by atoms with E-state index in [1.165, 1.54) is 10.7 Å². The molecule has 22 heavy (non-hydrogen) atoms. The van der Waals surface area contributed by atoms with Crippen LogP contribution in [0.2, 0.25) is 0 Å². The second-order valence-electron chi connectivity index (χ2n) is 4.91. The Morgan fingerprint density at radius 1 is 1.23 bits per heavy atom. The maximum absolute atomic E-state index is 11.8. The van der Waals surface area contributed by atoms with E-state index < -0.39 is 6.04 Å². The number of nitrogens with two attached hydrogens (primary N) is 1. The fourth-order valence-electron chi connectivity index (χ4n) is 2.24. The Balaban J connectivity index is 2.45. The minimum atomic E-state index is -0.506. The SMILES string of the molecule is CCCn1nc(C(N)c2cc(OC)ccc2OC)ccc1=O. The van der Waals surface area contributed by atoms with Crippen molar-refractivity contribution < 1.29 is 9.47 Å². The van der Waals surface area contributed by atoms with Crippen molar-refractivity contribution in [2.45, 2.75) is 25.9 Å². The summed E-state index contributed by atoms with van der Waals surface area (Å²) in [6, 6.07) is 8.06. The van der Waals surface area contributed by atoms with E-state index in [1.54, 1.807) is 32.4 Å². The molecule has 0 aliphatic carbocycles. The van der Waals surface area contributed by atoms with E-state index >= 15 is 0 Å². The van der Waals surface area contributed by atoms with Crippen molar-refractivity contribution in [2.24, 2.45) is 5.73 Å². The Kier molecular flexibility index (Phi) is 5.16. The Morgan fingerprint density at radius 2 is 2.00 bits per heavy atom. The van der Waals surface area contributed by atoms with Crippen LogP contribution in [0.3, 0.4) is 0 Å². The van der Waals surface area contributed by atoms with E-state index in [0.717, 1.165) is 12.0 Å². The van der Waals surface area contributed by atoms with Crippen LogP contribution in [-0.4, -0.2) is 24.0 Å². The molecule has 2 N–H and O–H groups in total. The molecule has 0 fully saturated rings. The van der Waals surface area contributed by atoms with Crippen LogP contribution in [0.25, 0.3) is 0 Å². The molecule has 2 rings (SSSR count). The van der Waals surface area contributed by atoms with Gasteiger partial charge in [-0.25, -0.2) is 4.68 Å². The predicted octanol–water partition coefficient (Wildman–Crippen LogP) is 1.72. The summed E-state index contributed by atoms with van der Waals surface area (Å²) in [5.74, 6) is 1.34. The van der Waals surface area contributed by atoms with Crippen molar-refractivity contribution >= 4 is 0 Å². The second kappa shape index (κ2) is 7.09. The lowest BCUT2D eigenvalue weighted by Crippen LogP contribution is -2.26. The Bertz CT molecular complexity index is 697. The van der Waals surface area contributed by atoms with Crippen molar-refractivity contribution in [3.05, 3.63) is 51.9 Å². The number of aromatic nitrogens is 2. The normalized spacial score (nSPS) is 12.0. The zero-order chi connectivity index (χ0) is 16.1. The maximum Gasteiger partial charge on any atom is 0.266 e. The van der Waals surface area contributed by atoms with Crippen LogP contribution in [-0.2, 0) is 6.54 Å². The summed E-state index contributed by atoms with van der Waals surface area (Å²) < 4.78 is 12.0. The summed E-state index contributed by atoms with van der Waals surface area (Å²) in [5.41, 5.74) is 7.56. The summed E-state index contributed by atoms with van der Waals surface area (Å²) in [6.07, 6.45) is 0.827. The first kappa shape index (κ1) is 16.0. The number of hydrogen-bond acceptors (Lipinski definition) is 5. The van der Waals surface area contributed by atoms with Crippen LogP contribution in [0, 0.1) is 0 Å². The van der Waals surface area contributed by atoms with Gasteiger partial charge in [0.15, 0.2) is 0 Å². The lowest BCUT2D eigenvalue weighted by Gasteiger charge is -2.17. The van der Waals surface area contributed by atoms with Gasteiger partial charge in [0.25, 0.3) is 5.56 Å². The molecule has 1 unspecified atom stereocenters. The van der Waals surface area contributed by atoms with Crippen molar-refractivity contribution in [3.8, 4) is 11.5 Å². The highest BCUT2D eigenvalue weighted by Crippen LogP contribution is 2.30. The third kappa shape index (κ3) is 3.28. The van der Waals surface area contributed by atoms with Crippen LogP contribution >= 0.6 is 0 Å². The average Bonchev–Trinajstić information content (AvgIpc) is 2.55. The van der Waals surface area contributed by atoms with Gasteiger partial charge in [-0.05, 0) is 30.7 Å². The van der Waals surface area contributed by atoms with Crippen LogP contribution in [0.4, 0.5) is 0 Å². The molecule has 1 aromatic carbocycles. The van der Waals surface area contributed by atoms with Gasteiger partial charge >= 0.3 is 0 Å². The van der Waals surface area contributed by atoms with Gasteiger partial charge in [0.05, 0.1) is 26.0 Å². The maximum atomic E-state index is 11.8. The molecule has 0 aliphatic rings. The van der Waals surface area contributed by atoms with E-state index in [1.807, 2.05) is 13.0 Å². The fraction of sp³-hybridized carbons (Fsp3) is 0.375. The van der Waals surface area contributed by atoms with Crippen LogP contribution < -0.4 is 20.8 Å². The second-order valence-corrected chi connectivity index (χ2v) is 4.91. The molecule has 0 spiro atoms. The Hall–Kier alpha value is -2.34. The highest BCUT2D eigenvalue weighted by Gasteiger charge is 2.17.